The van der Waals surface area contributed by atoms with Crippen LogP contribution >= 0.6 is 0 Å². The highest BCUT2D eigenvalue weighted by Gasteiger charge is 2.25. The zero-order chi connectivity index (χ0) is 22.2. The lowest BCUT2D eigenvalue weighted by Crippen LogP contribution is -2.48. The highest BCUT2D eigenvalue weighted by molar-refractivity contribution is 5.98. The molecule has 0 spiro atoms. The molecule has 1 aromatic heterocycles. The number of nitrogens with zero attached hydrogens (tertiary/aromatic N) is 2. The van der Waals surface area contributed by atoms with Gasteiger partial charge in [0, 0.05) is 36.0 Å². The van der Waals surface area contributed by atoms with Gasteiger partial charge in [-0.15, -0.1) is 0 Å². The molecular weight excluding hydrogens is 394 g/mol. The lowest BCUT2D eigenvalue weighted by atomic mass is 10.1. The number of rotatable bonds is 6. The van der Waals surface area contributed by atoms with E-state index < -0.39 is 30.4 Å². The molecule has 1 fully saturated rings. The van der Waals surface area contributed by atoms with Crippen molar-refractivity contribution >= 4 is 17.5 Å². The second kappa shape index (κ2) is 10.7. The largest absolute Gasteiger partial charge is 0.391 e. The number of hydrogen-bond acceptors (Lipinski definition) is 6. The number of carbonyl (C=O) groups is 2. The molecule has 1 aromatic carbocycles. The van der Waals surface area contributed by atoms with Gasteiger partial charge in [0.2, 0.25) is 0 Å². The minimum absolute atomic E-state index is 0.328. The number of Topliss-reactive ketones (excluding diaryl/α,β-unsaturated/α-hetero) is 1. The van der Waals surface area contributed by atoms with Crippen LogP contribution in [0.2, 0.25) is 0 Å². The van der Waals surface area contributed by atoms with E-state index in [0.717, 1.165) is 30.0 Å². The Balaban J connectivity index is 1.62. The zero-order valence-electron chi connectivity index (χ0n) is 17.5. The first-order chi connectivity index (χ1) is 15.0. The van der Waals surface area contributed by atoms with Gasteiger partial charge in [0.05, 0.1) is 6.10 Å². The third-order valence-corrected chi connectivity index (χ3v) is 5.20. The maximum atomic E-state index is 12.3. The predicted molar refractivity (Wildman–Crippen MR) is 118 cm³/mol. The van der Waals surface area contributed by atoms with Crippen LogP contribution in [0, 0.1) is 11.8 Å². The van der Waals surface area contributed by atoms with Crippen LogP contribution in [-0.2, 0) is 4.79 Å². The standard InChI is InChI=1S/C24H27N3O4/c1-17(29)23(21(30)16-28)26-24(31)20-10-7-18(8-11-20)5-6-19-9-12-22(25-15-19)27-13-3-2-4-14-27/h7-12,15,17,23,28-29H,2-4,13-14,16H2,1H3,(H,26,31)/t17-,23+/m1/s1. The van der Waals surface area contributed by atoms with Crippen LogP contribution in [0.15, 0.2) is 42.6 Å². The normalized spacial score (nSPS) is 15.4. The predicted octanol–water partition coefficient (Wildman–Crippen LogP) is 1.51. The van der Waals surface area contributed by atoms with Crippen molar-refractivity contribution in [2.45, 2.75) is 38.3 Å². The fourth-order valence-corrected chi connectivity index (χ4v) is 3.41. The van der Waals surface area contributed by atoms with Crippen molar-refractivity contribution in [3.05, 3.63) is 59.3 Å². The summed E-state index contributed by atoms with van der Waals surface area (Å²) in [6.07, 6.45) is 4.35. The van der Waals surface area contributed by atoms with Crippen molar-refractivity contribution in [1.29, 1.82) is 0 Å². The van der Waals surface area contributed by atoms with E-state index in [0.29, 0.717) is 5.56 Å². The molecule has 31 heavy (non-hydrogen) atoms. The summed E-state index contributed by atoms with van der Waals surface area (Å²) in [5, 5.41) is 21.1. The Morgan fingerprint density at radius 3 is 2.29 bits per heavy atom. The summed E-state index contributed by atoms with van der Waals surface area (Å²) in [5.74, 6) is 5.95. The van der Waals surface area contributed by atoms with E-state index in [1.807, 2.05) is 12.1 Å². The molecule has 0 radical (unpaired) electrons. The summed E-state index contributed by atoms with van der Waals surface area (Å²) in [5.41, 5.74) is 1.87. The maximum Gasteiger partial charge on any atom is 0.251 e. The molecular formula is C24H27N3O4. The van der Waals surface area contributed by atoms with Gasteiger partial charge in [0.15, 0.2) is 5.78 Å². The molecule has 3 rings (SSSR count). The second-order valence-electron chi connectivity index (χ2n) is 7.60. The van der Waals surface area contributed by atoms with Crippen LogP contribution in [0.4, 0.5) is 5.82 Å². The molecule has 7 heteroatoms. The lowest BCUT2D eigenvalue weighted by Gasteiger charge is -2.27. The third-order valence-electron chi connectivity index (χ3n) is 5.20. The smallest absolute Gasteiger partial charge is 0.251 e. The van der Waals surface area contributed by atoms with E-state index in [9.17, 15) is 14.7 Å². The molecule has 2 atom stereocenters. The lowest BCUT2D eigenvalue weighted by molar-refractivity contribution is -0.125. The van der Waals surface area contributed by atoms with Gasteiger partial charge < -0.3 is 20.4 Å². The third kappa shape index (κ3) is 6.14. The van der Waals surface area contributed by atoms with Crippen molar-refractivity contribution in [2.75, 3.05) is 24.6 Å². The Hall–Kier alpha value is -3.21. The maximum absolute atomic E-state index is 12.3. The molecule has 1 aliphatic rings. The van der Waals surface area contributed by atoms with E-state index >= 15 is 0 Å². The number of aromatic nitrogens is 1. The number of amides is 1. The molecule has 1 saturated heterocycles. The Kier molecular flexibility index (Phi) is 7.76. The number of carbonyl (C=O) groups excluding carboxylic acids is 2. The van der Waals surface area contributed by atoms with Crippen molar-refractivity contribution in [1.82, 2.24) is 10.3 Å². The number of benzene rings is 1. The monoisotopic (exact) mass is 421 g/mol. The van der Waals surface area contributed by atoms with E-state index in [1.165, 1.54) is 26.2 Å². The number of nitrogens with one attached hydrogen (secondary N) is 1. The summed E-state index contributed by atoms with van der Waals surface area (Å²) in [4.78, 5) is 30.8. The van der Waals surface area contributed by atoms with Crippen LogP contribution in [-0.4, -0.2) is 58.7 Å². The van der Waals surface area contributed by atoms with E-state index in [4.69, 9.17) is 5.11 Å². The van der Waals surface area contributed by atoms with Gasteiger partial charge in [-0.25, -0.2) is 4.98 Å². The van der Waals surface area contributed by atoms with Gasteiger partial charge in [-0.1, -0.05) is 11.8 Å². The summed E-state index contributed by atoms with van der Waals surface area (Å²) >= 11 is 0. The van der Waals surface area contributed by atoms with Gasteiger partial charge in [0.1, 0.15) is 18.5 Å². The molecule has 1 aliphatic heterocycles. The van der Waals surface area contributed by atoms with Crippen molar-refractivity contribution in [2.24, 2.45) is 0 Å². The number of hydrogen-bond donors (Lipinski definition) is 3. The zero-order valence-corrected chi connectivity index (χ0v) is 17.5. The Morgan fingerprint density at radius 1 is 1.06 bits per heavy atom. The second-order valence-corrected chi connectivity index (χ2v) is 7.60. The average Bonchev–Trinajstić information content (AvgIpc) is 2.81. The first kappa shape index (κ1) is 22.5. The molecule has 0 unspecified atom stereocenters. The molecule has 3 N–H and O–H groups in total. The number of ketones is 1. The number of anilines is 1. The highest BCUT2D eigenvalue weighted by atomic mass is 16.3. The van der Waals surface area contributed by atoms with E-state index in [2.05, 4.69) is 27.0 Å². The van der Waals surface area contributed by atoms with Crippen molar-refractivity contribution in [3.8, 4) is 11.8 Å². The van der Waals surface area contributed by atoms with Crippen molar-refractivity contribution < 1.29 is 19.8 Å². The molecule has 0 bridgehead atoms. The minimum atomic E-state index is -1.16. The molecule has 0 saturated carbocycles. The fourth-order valence-electron chi connectivity index (χ4n) is 3.41. The van der Waals surface area contributed by atoms with Gasteiger partial charge in [-0.05, 0) is 62.6 Å². The fraction of sp³-hybridized carbons (Fsp3) is 0.375. The SMILES string of the molecule is C[C@@H](O)[C@H](NC(=O)c1ccc(C#Cc2ccc(N3CCCCC3)nc2)cc1)C(=O)CO. The van der Waals surface area contributed by atoms with Gasteiger partial charge >= 0.3 is 0 Å². The molecule has 7 nitrogen and oxygen atoms in total. The Morgan fingerprint density at radius 2 is 1.71 bits per heavy atom. The summed E-state index contributed by atoms with van der Waals surface area (Å²) in [6.45, 7) is 2.72. The van der Waals surface area contributed by atoms with Crippen LogP contribution in [0.25, 0.3) is 0 Å². The summed E-state index contributed by atoms with van der Waals surface area (Å²) in [6, 6.07) is 9.41. The van der Waals surface area contributed by atoms with Crippen LogP contribution in [0.1, 0.15) is 47.7 Å². The Labute approximate surface area is 182 Å². The number of aliphatic hydroxyl groups excluding tert-OH is 2. The summed E-state index contributed by atoms with van der Waals surface area (Å²) in [7, 11) is 0. The van der Waals surface area contributed by atoms with Crippen LogP contribution < -0.4 is 10.2 Å². The van der Waals surface area contributed by atoms with Crippen molar-refractivity contribution in [3.63, 3.8) is 0 Å². The van der Waals surface area contributed by atoms with Crippen LogP contribution in [0.3, 0.4) is 0 Å². The molecule has 2 aromatic rings. The number of piperidine rings is 1. The van der Waals surface area contributed by atoms with Gasteiger partial charge in [-0.3, -0.25) is 9.59 Å². The van der Waals surface area contributed by atoms with Gasteiger partial charge in [0.25, 0.3) is 5.91 Å². The topological polar surface area (TPSA) is 103 Å². The minimum Gasteiger partial charge on any atom is -0.391 e. The first-order valence-electron chi connectivity index (χ1n) is 10.4. The number of pyridine rings is 1. The average molecular weight is 421 g/mol. The van der Waals surface area contributed by atoms with E-state index in [-0.39, 0.29) is 0 Å². The molecule has 2 heterocycles. The Bertz CT molecular complexity index is 953. The molecule has 162 valence electrons. The van der Waals surface area contributed by atoms with Gasteiger partial charge in [-0.2, -0.15) is 0 Å². The number of aliphatic hydroxyl groups is 2. The quantitative estimate of drug-likeness (QED) is 0.611. The highest BCUT2D eigenvalue weighted by Crippen LogP contribution is 2.17. The molecule has 1 amide bonds. The first-order valence-corrected chi connectivity index (χ1v) is 10.4. The summed E-state index contributed by atoms with van der Waals surface area (Å²) < 4.78 is 0. The van der Waals surface area contributed by atoms with Crippen LogP contribution in [0.5, 0.6) is 0 Å². The van der Waals surface area contributed by atoms with E-state index in [1.54, 1.807) is 30.5 Å². The molecule has 0 aliphatic carbocycles.